The first kappa shape index (κ1) is 9.65. The fourth-order valence-electron chi connectivity index (χ4n) is 1.31. The molecule has 1 fully saturated rings. The maximum atomic E-state index is 5.60. The zero-order valence-corrected chi connectivity index (χ0v) is 9.51. The van der Waals surface area contributed by atoms with E-state index in [9.17, 15) is 0 Å². The summed E-state index contributed by atoms with van der Waals surface area (Å²) in [5.41, 5.74) is 0. The lowest BCUT2D eigenvalue weighted by Gasteiger charge is -2.26. The van der Waals surface area contributed by atoms with E-state index in [-0.39, 0.29) is 10.9 Å². The normalized spacial score (nSPS) is 25.8. The molecule has 72 valence electrons. The number of hydrogen-bond acceptors (Lipinski definition) is 3. The van der Waals surface area contributed by atoms with Gasteiger partial charge in [-0.2, -0.15) is 0 Å². The molecule has 0 radical (unpaired) electrons. The van der Waals surface area contributed by atoms with Crippen molar-refractivity contribution in [2.24, 2.45) is 0 Å². The summed E-state index contributed by atoms with van der Waals surface area (Å²) < 4.78 is 10.9. The van der Waals surface area contributed by atoms with Gasteiger partial charge in [0.25, 0.3) is 0 Å². The summed E-state index contributed by atoms with van der Waals surface area (Å²) in [6, 6.07) is 4.17. The van der Waals surface area contributed by atoms with Gasteiger partial charge in [-0.25, -0.2) is 0 Å². The number of thiophene rings is 1. The summed E-state index contributed by atoms with van der Waals surface area (Å²) in [6.07, 6.45) is 0.160. The maximum absolute atomic E-state index is 5.60. The highest BCUT2D eigenvalue weighted by atomic mass is 79.9. The fourth-order valence-corrected chi connectivity index (χ4v) is 2.84. The van der Waals surface area contributed by atoms with Gasteiger partial charge in [0.2, 0.25) is 0 Å². The Kier molecular flexibility index (Phi) is 3.38. The Balaban J connectivity index is 1.99. The maximum Gasteiger partial charge on any atom is 0.0983 e. The highest BCUT2D eigenvalue weighted by Gasteiger charge is 2.24. The predicted molar refractivity (Wildman–Crippen MR) is 56.5 cm³/mol. The average Bonchev–Trinajstić information content (AvgIpc) is 2.71. The van der Waals surface area contributed by atoms with E-state index < -0.39 is 0 Å². The lowest BCUT2D eigenvalue weighted by Crippen LogP contribution is -2.31. The molecule has 13 heavy (non-hydrogen) atoms. The monoisotopic (exact) mass is 262 g/mol. The van der Waals surface area contributed by atoms with E-state index in [2.05, 4.69) is 33.4 Å². The van der Waals surface area contributed by atoms with Gasteiger partial charge < -0.3 is 9.47 Å². The molecule has 0 saturated carbocycles. The Morgan fingerprint density at radius 3 is 3.08 bits per heavy atom. The molecule has 0 aromatic carbocycles. The average molecular weight is 263 g/mol. The molecule has 2 heterocycles. The highest BCUT2D eigenvalue weighted by Crippen LogP contribution is 2.32. The van der Waals surface area contributed by atoms with Gasteiger partial charge in [0.05, 0.1) is 30.8 Å². The van der Waals surface area contributed by atoms with Crippen molar-refractivity contribution in [2.75, 3.05) is 19.8 Å². The van der Waals surface area contributed by atoms with Crippen LogP contribution in [0.3, 0.4) is 0 Å². The van der Waals surface area contributed by atoms with E-state index in [4.69, 9.17) is 9.47 Å². The Labute approximate surface area is 90.0 Å². The van der Waals surface area contributed by atoms with E-state index in [1.807, 2.05) is 0 Å². The molecule has 2 unspecified atom stereocenters. The van der Waals surface area contributed by atoms with Gasteiger partial charge in [0.15, 0.2) is 0 Å². The smallest absolute Gasteiger partial charge is 0.0983 e. The molecule has 0 spiro atoms. The number of halogens is 1. The summed E-state index contributed by atoms with van der Waals surface area (Å²) in [6.45, 7) is 2.12. The molecular formula is C9H11BrO2S. The topological polar surface area (TPSA) is 18.5 Å². The van der Waals surface area contributed by atoms with Crippen LogP contribution < -0.4 is 0 Å². The van der Waals surface area contributed by atoms with Crippen molar-refractivity contribution in [2.45, 2.75) is 10.9 Å². The predicted octanol–water partition coefficient (Wildman–Crippen LogP) is 2.60. The molecule has 2 atom stereocenters. The number of hydrogen-bond donors (Lipinski definition) is 0. The minimum Gasteiger partial charge on any atom is -0.376 e. The van der Waals surface area contributed by atoms with Crippen LogP contribution in [0, 0.1) is 0 Å². The van der Waals surface area contributed by atoms with Crippen molar-refractivity contribution in [1.82, 2.24) is 0 Å². The molecule has 1 aromatic rings. The van der Waals surface area contributed by atoms with Crippen molar-refractivity contribution in [3.8, 4) is 0 Å². The van der Waals surface area contributed by atoms with E-state index in [0.29, 0.717) is 13.2 Å². The largest absolute Gasteiger partial charge is 0.376 e. The van der Waals surface area contributed by atoms with Crippen LogP contribution in [0.25, 0.3) is 0 Å². The van der Waals surface area contributed by atoms with E-state index in [1.54, 1.807) is 11.3 Å². The SMILES string of the molecule is BrC(c1cccs1)C1COCCO1. The molecule has 1 saturated heterocycles. The van der Waals surface area contributed by atoms with Crippen LogP contribution in [-0.4, -0.2) is 25.9 Å². The molecular weight excluding hydrogens is 252 g/mol. The van der Waals surface area contributed by atoms with Crippen molar-refractivity contribution in [3.63, 3.8) is 0 Å². The summed E-state index contributed by atoms with van der Waals surface area (Å²) in [4.78, 5) is 1.57. The van der Waals surface area contributed by atoms with Gasteiger partial charge in [-0.15, -0.1) is 11.3 Å². The van der Waals surface area contributed by atoms with Crippen molar-refractivity contribution < 1.29 is 9.47 Å². The van der Waals surface area contributed by atoms with Crippen molar-refractivity contribution >= 4 is 27.3 Å². The van der Waals surface area contributed by atoms with Gasteiger partial charge in [0, 0.05) is 4.88 Å². The van der Waals surface area contributed by atoms with Crippen LogP contribution in [0.5, 0.6) is 0 Å². The molecule has 2 nitrogen and oxygen atoms in total. The van der Waals surface area contributed by atoms with Crippen LogP contribution in [0.15, 0.2) is 17.5 Å². The Bertz CT molecular complexity index is 244. The first-order valence-electron chi connectivity index (χ1n) is 4.25. The van der Waals surface area contributed by atoms with Gasteiger partial charge in [-0.1, -0.05) is 22.0 Å². The second-order valence-corrected chi connectivity index (χ2v) is 4.87. The number of alkyl halides is 1. The first-order chi connectivity index (χ1) is 6.38. The van der Waals surface area contributed by atoms with Crippen LogP contribution >= 0.6 is 27.3 Å². The molecule has 4 heteroatoms. The van der Waals surface area contributed by atoms with E-state index in [1.165, 1.54) is 4.88 Å². The second-order valence-electron chi connectivity index (χ2n) is 2.90. The van der Waals surface area contributed by atoms with Crippen LogP contribution in [0.2, 0.25) is 0 Å². The molecule has 1 aliphatic rings. The molecule has 0 aliphatic carbocycles. The third kappa shape index (κ3) is 2.31. The van der Waals surface area contributed by atoms with Crippen LogP contribution in [0.4, 0.5) is 0 Å². The lowest BCUT2D eigenvalue weighted by atomic mass is 10.2. The van der Waals surface area contributed by atoms with Gasteiger partial charge in [-0.05, 0) is 11.4 Å². The number of ether oxygens (including phenoxy) is 2. The second kappa shape index (κ2) is 4.55. The standard InChI is InChI=1S/C9H11BrO2S/c10-9(8-2-1-5-13-8)7-6-11-3-4-12-7/h1-2,5,7,9H,3-4,6H2. The van der Waals surface area contributed by atoms with Crippen molar-refractivity contribution in [1.29, 1.82) is 0 Å². The molecule has 2 rings (SSSR count). The Morgan fingerprint density at radius 2 is 2.46 bits per heavy atom. The third-order valence-corrected chi connectivity index (χ3v) is 4.32. The molecule has 0 N–H and O–H groups in total. The van der Waals surface area contributed by atoms with E-state index in [0.717, 1.165) is 6.61 Å². The van der Waals surface area contributed by atoms with Crippen LogP contribution in [0.1, 0.15) is 9.70 Å². The minimum atomic E-state index is 0.160. The Morgan fingerprint density at radius 1 is 1.54 bits per heavy atom. The minimum absolute atomic E-state index is 0.160. The molecule has 1 aromatic heterocycles. The summed E-state index contributed by atoms with van der Waals surface area (Å²) in [5, 5.41) is 2.08. The quantitative estimate of drug-likeness (QED) is 0.763. The summed E-state index contributed by atoms with van der Waals surface area (Å²) >= 11 is 5.37. The zero-order valence-electron chi connectivity index (χ0n) is 7.11. The van der Waals surface area contributed by atoms with Crippen molar-refractivity contribution in [3.05, 3.63) is 22.4 Å². The highest BCUT2D eigenvalue weighted by molar-refractivity contribution is 9.09. The van der Waals surface area contributed by atoms with Gasteiger partial charge >= 0.3 is 0 Å². The van der Waals surface area contributed by atoms with Gasteiger partial charge in [-0.3, -0.25) is 0 Å². The van der Waals surface area contributed by atoms with Crippen LogP contribution in [-0.2, 0) is 9.47 Å². The Hall–Kier alpha value is 0.1000. The molecule has 0 amide bonds. The van der Waals surface area contributed by atoms with E-state index >= 15 is 0 Å². The summed E-state index contributed by atoms with van der Waals surface area (Å²) in [7, 11) is 0. The number of rotatable bonds is 2. The fraction of sp³-hybridized carbons (Fsp3) is 0.556. The zero-order chi connectivity index (χ0) is 9.10. The lowest BCUT2D eigenvalue weighted by molar-refractivity contribution is -0.0873. The summed E-state index contributed by atoms with van der Waals surface area (Å²) in [5.74, 6) is 0. The van der Waals surface area contributed by atoms with Gasteiger partial charge in [0.1, 0.15) is 0 Å². The first-order valence-corrected chi connectivity index (χ1v) is 6.04. The molecule has 0 bridgehead atoms. The molecule has 1 aliphatic heterocycles. The third-order valence-electron chi connectivity index (χ3n) is 1.98.